The quantitative estimate of drug-likeness (QED) is 0.315. The van der Waals surface area contributed by atoms with Gasteiger partial charge >= 0.3 is 7.82 Å². The molecule has 0 amide bonds. The summed E-state index contributed by atoms with van der Waals surface area (Å²) in [6.07, 6.45) is -1.81. The second-order valence-corrected chi connectivity index (χ2v) is 6.43. The average molecular weight is 363 g/mol. The number of nitrogens with zero attached hydrogens (tertiary/aromatic N) is 3. The van der Waals surface area contributed by atoms with Crippen LogP contribution in [0.3, 0.4) is 0 Å². The molecular formula is C10H14N5O8P. The van der Waals surface area contributed by atoms with Crippen LogP contribution in [-0.4, -0.2) is 58.3 Å². The van der Waals surface area contributed by atoms with Crippen molar-refractivity contribution in [1.29, 1.82) is 0 Å². The van der Waals surface area contributed by atoms with Crippen molar-refractivity contribution < 1.29 is 33.8 Å². The Labute approximate surface area is 132 Å². The number of fused-ring (bicyclic) bond motifs is 1. The molecule has 0 spiro atoms. The lowest BCUT2D eigenvalue weighted by molar-refractivity contribution is -0.253. The summed E-state index contributed by atoms with van der Waals surface area (Å²) in [6, 6.07) is 0. The van der Waals surface area contributed by atoms with Gasteiger partial charge in [0.2, 0.25) is 5.95 Å². The predicted molar refractivity (Wildman–Crippen MR) is 76.2 cm³/mol. The molecule has 0 unspecified atom stereocenters. The first-order valence-corrected chi connectivity index (χ1v) is 8.14. The first-order chi connectivity index (χ1) is 11.1. The molecule has 3 atom stereocenters. The maximum Gasteiger partial charge on any atom is 0.469 e. The van der Waals surface area contributed by atoms with E-state index in [0.29, 0.717) is 0 Å². The van der Waals surface area contributed by atoms with Crippen LogP contribution in [0.2, 0.25) is 0 Å². The van der Waals surface area contributed by atoms with Gasteiger partial charge in [-0.05, 0) is 0 Å². The highest BCUT2D eigenvalue weighted by Crippen LogP contribution is 2.39. The van der Waals surface area contributed by atoms with E-state index < -0.39 is 38.1 Å². The van der Waals surface area contributed by atoms with Crippen LogP contribution >= 0.6 is 7.82 Å². The van der Waals surface area contributed by atoms with Crippen molar-refractivity contribution in [2.45, 2.75) is 24.5 Å². The van der Waals surface area contributed by atoms with Gasteiger partial charge in [-0.2, -0.15) is 4.98 Å². The summed E-state index contributed by atoms with van der Waals surface area (Å²) in [5, 5.41) is 20.5. The summed E-state index contributed by atoms with van der Waals surface area (Å²) in [4.78, 5) is 39.0. The molecule has 3 heterocycles. The number of imidazole rings is 1. The highest BCUT2D eigenvalue weighted by atomic mass is 31.2. The summed E-state index contributed by atoms with van der Waals surface area (Å²) >= 11 is 0. The van der Waals surface area contributed by atoms with Crippen molar-refractivity contribution in [3.63, 3.8) is 0 Å². The molecule has 7 N–H and O–H groups in total. The van der Waals surface area contributed by atoms with Gasteiger partial charge in [0.05, 0.1) is 19.1 Å². The van der Waals surface area contributed by atoms with Crippen LogP contribution in [0.5, 0.6) is 0 Å². The highest BCUT2D eigenvalue weighted by Gasteiger charge is 2.48. The monoisotopic (exact) mass is 363 g/mol. The second-order valence-electron chi connectivity index (χ2n) is 5.20. The number of aliphatic hydroxyl groups excluding tert-OH is 1. The normalized spacial score (nSPS) is 27.8. The van der Waals surface area contributed by atoms with Crippen LogP contribution in [0.15, 0.2) is 11.1 Å². The number of aliphatic hydroxyl groups is 2. The number of rotatable bonds is 4. The SMILES string of the molecule is Nc1nc2c(ncn2[C@@]2(O)C[C@H](O)[C@@H](COP(=O)(O)O)O2)c(=O)[nH]1. The van der Waals surface area contributed by atoms with Crippen LogP contribution in [0.25, 0.3) is 11.2 Å². The van der Waals surface area contributed by atoms with Gasteiger partial charge in [-0.1, -0.05) is 0 Å². The topological polar surface area (TPSA) is 206 Å². The molecule has 0 saturated carbocycles. The molecule has 132 valence electrons. The van der Waals surface area contributed by atoms with Gasteiger partial charge in [0.1, 0.15) is 12.4 Å². The van der Waals surface area contributed by atoms with E-state index in [0.717, 1.165) is 10.9 Å². The standard InChI is InChI=1S/C10H14N5O8P/c11-9-13-7-6(8(17)14-9)12-3-15(7)10(18)1-4(16)5(23-10)2-22-24(19,20)21/h3-5,16,18H,1-2H2,(H2,19,20,21)(H3,11,13,14,17)/t4-,5+,10+/m0/s1. The zero-order chi connectivity index (χ0) is 17.7. The van der Waals surface area contributed by atoms with Crippen molar-refractivity contribution in [1.82, 2.24) is 19.5 Å². The number of nitrogen functional groups attached to an aromatic ring is 1. The Hall–Kier alpha value is -1.86. The molecule has 1 aliphatic rings. The zero-order valence-electron chi connectivity index (χ0n) is 11.9. The number of H-pyrrole nitrogens is 1. The summed E-state index contributed by atoms with van der Waals surface area (Å²) in [5.74, 6) is -2.36. The van der Waals surface area contributed by atoms with Crippen LogP contribution in [0, 0.1) is 0 Å². The first-order valence-electron chi connectivity index (χ1n) is 6.61. The number of aromatic amines is 1. The van der Waals surface area contributed by atoms with Gasteiger partial charge in [0.15, 0.2) is 11.2 Å². The molecule has 1 saturated heterocycles. The lowest BCUT2D eigenvalue weighted by atomic mass is 10.2. The number of ether oxygens (including phenoxy) is 1. The lowest BCUT2D eigenvalue weighted by Gasteiger charge is -2.24. The van der Waals surface area contributed by atoms with Crippen LogP contribution in [-0.2, 0) is 19.7 Å². The number of phosphoric ester groups is 1. The molecular weight excluding hydrogens is 349 g/mol. The number of nitrogens with two attached hydrogens (primary N) is 1. The summed E-state index contributed by atoms with van der Waals surface area (Å²) in [7, 11) is -4.76. The van der Waals surface area contributed by atoms with Crippen molar-refractivity contribution in [2.24, 2.45) is 0 Å². The lowest BCUT2D eigenvalue weighted by Crippen LogP contribution is -2.34. The molecule has 2 aromatic rings. The smallest absolute Gasteiger partial charge is 0.390 e. The van der Waals surface area contributed by atoms with Gasteiger partial charge in [-0.3, -0.25) is 18.9 Å². The minimum absolute atomic E-state index is 0.0810. The van der Waals surface area contributed by atoms with E-state index in [2.05, 4.69) is 19.5 Å². The molecule has 0 bridgehead atoms. The second kappa shape index (κ2) is 5.60. The molecule has 24 heavy (non-hydrogen) atoms. The zero-order valence-corrected chi connectivity index (χ0v) is 12.8. The number of aromatic nitrogens is 4. The third-order valence-electron chi connectivity index (χ3n) is 3.45. The molecule has 0 radical (unpaired) electrons. The molecule has 14 heteroatoms. The molecule has 0 aromatic carbocycles. The van der Waals surface area contributed by atoms with E-state index in [1.54, 1.807) is 0 Å². The van der Waals surface area contributed by atoms with E-state index in [1.807, 2.05) is 0 Å². The minimum Gasteiger partial charge on any atom is -0.390 e. The predicted octanol–water partition coefficient (Wildman–Crippen LogP) is -2.44. The maximum atomic E-state index is 11.7. The van der Waals surface area contributed by atoms with Gasteiger partial charge in [-0.25, -0.2) is 9.55 Å². The maximum absolute atomic E-state index is 11.7. The molecule has 0 aliphatic carbocycles. The fraction of sp³-hybridized carbons (Fsp3) is 0.500. The third-order valence-corrected chi connectivity index (χ3v) is 3.94. The van der Waals surface area contributed by atoms with E-state index in [4.69, 9.17) is 20.3 Å². The number of phosphoric acid groups is 1. The van der Waals surface area contributed by atoms with Crippen molar-refractivity contribution in [3.8, 4) is 0 Å². The Bertz CT molecular complexity index is 876. The van der Waals surface area contributed by atoms with Gasteiger partial charge in [0.25, 0.3) is 11.5 Å². The Morgan fingerprint density at radius 2 is 2.29 bits per heavy atom. The van der Waals surface area contributed by atoms with Crippen LogP contribution < -0.4 is 11.3 Å². The fourth-order valence-electron chi connectivity index (χ4n) is 2.43. The average Bonchev–Trinajstić information content (AvgIpc) is 2.98. The Balaban J connectivity index is 1.92. The Kier molecular flexibility index (Phi) is 3.96. The number of hydrogen-bond acceptors (Lipinski definition) is 9. The summed E-state index contributed by atoms with van der Waals surface area (Å²) in [5.41, 5.74) is 4.65. The van der Waals surface area contributed by atoms with Crippen molar-refractivity contribution >= 4 is 24.9 Å². The van der Waals surface area contributed by atoms with Gasteiger partial charge in [-0.15, -0.1) is 0 Å². The molecule has 3 rings (SSSR count). The molecule has 1 fully saturated rings. The third kappa shape index (κ3) is 3.06. The summed E-state index contributed by atoms with van der Waals surface area (Å²) in [6.45, 7) is -0.656. The van der Waals surface area contributed by atoms with Crippen LogP contribution in [0.4, 0.5) is 5.95 Å². The van der Waals surface area contributed by atoms with E-state index in [1.165, 1.54) is 0 Å². The summed E-state index contributed by atoms with van der Waals surface area (Å²) < 4.78 is 21.3. The number of hydrogen-bond donors (Lipinski definition) is 6. The van der Waals surface area contributed by atoms with Crippen LogP contribution in [0.1, 0.15) is 6.42 Å². The largest absolute Gasteiger partial charge is 0.469 e. The fourth-order valence-corrected chi connectivity index (χ4v) is 2.77. The number of anilines is 1. The van der Waals surface area contributed by atoms with E-state index in [9.17, 15) is 19.6 Å². The molecule has 1 aliphatic heterocycles. The minimum atomic E-state index is -4.76. The van der Waals surface area contributed by atoms with Gasteiger partial charge < -0.3 is 30.5 Å². The van der Waals surface area contributed by atoms with Crippen molar-refractivity contribution in [3.05, 3.63) is 16.7 Å². The Morgan fingerprint density at radius 1 is 1.58 bits per heavy atom. The van der Waals surface area contributed by atoms with E-state index in [-0.39, 0.29) is 23.5 Å². The highest BCUT2D eigenvalue weighted by molar-refractivity contribution is 7.46. The number of nitrogens with one attached hydrogen (secondary N) is 1. The Morgan fingerprint density at radius 3 is 2.96 bits per heavy atom. The van der Waals surface area contributed by atoms with E-state index >= 15 is 0 Å². The molecule has 2 aromatic heterocycles. The van der Waals surface area contributed by atoms with Gasteiger partial charge in [0, 0.05) is 0 Å². The van der Waals surface area contributed by atoms with Crippen molar-refractivity contribution in [2.75, 3.05) is 12.3 Å². The molecule has 13 nitrogen and oxygen atoms in total. The first kappa shape index (κ1) is 17.0.